The summed E-state index contributed by atoms with van der Waals surface area (Å²) in [5, 5.41) is 11.0. The largest absolute Gasteiger partial charge is 0.480 e. The Hall–Kier alpha value is -2.00. The Morgan fingerprint density at radius 2 is 2.03 bits per heavy atom. The summed E-state index contributed by atoms with van der Waals surface area (Å²) in [4.78, 5) is 32.1. The summed E-state index contributed by atoms with van der Waals surface area (Å²) < 4.78 is 6.68. The number of anilines is 1. The molecule has 160 valence electrons. The predicted molar refractivity (Wildman–Crippen MR) is 123 cm³/mol. The molecule has 30 heavy (non-hydrogen) atoms. The van der Waals surface area contributed by atoms with Crippen LogP contribution in [-0.2, 0) is 16.1 Å². The van der Waals surface area contributed by atoms with Crippen molar-refractivity contribution >= 4 is 68.7 Å². The van der Waals surface area contributed by atoms with Crippen molar-refractivity contribution in [2.24, 2.45) is 0 Å². The first kappa shape index (κ1) is 22.7. The lowest BCUT2D eigenvalue weighted by Crippen LogP contribution is -2.28. The van der Waals surface area contributed by atoms with Gasteiger partial charge in [0.25, 0.3) is 0 Å². The fourth-order valence-corrected chi connectivity index (χ4v) is 4.74. The Morgan fingerprint density at radius 1 is 1.30 bits per heavy atom. The van der Waals surface area contributed by atoms with E-state index in [-0.39, 0.29) is 23.0 Å². The molecular weight excluding hydrogens is 449 g/mol. The summed E-state index contributed by atoms with van der Waals surface area (Å²) >= 11 is 14.2. The SMILES string of the molecule is CCN(CCOC)c1nc2c(cc1Cl)c(=O)c1ccc(Cl)c(SC)c1n2CC(=O)O. The number of aromatic nitrogens is 2. The van der Waals surface area contributed by atoms with Crippen LogP contribution in [0.3, 0.4) is 0 Å². The number of nitrogens with zero attached hydrogens (tertiary/aromatic N) is 3. The van der Waals surface area contributed by atoms with E-state index in [2.05, 4.69) is 4.98 Å². The van der Waals surface area contributed by atoms with Gasteiger partial charge in [-0.2, -0.15) is 0 Å². The zero-order chi connectivity index (χ0) is 22.0. The van der Waals surface area contributed by atoms with Gasteiger partial charge in [0.1, 0.15) is 18.0 Å². The minimum Gasteiger partial charge on any atom is -0.480 e. The monoisotopic (exact) mass is 469 g/mol. The zero-order valence-electron chi connectivity index (χ0n) is 16.7. The lowest BCUT2D eigenvalue weighted by molar-refractivity contribution is -0.137. The number of ether oxygens (including phenoxy) is 1. The molecule has 1 aromatic carbocycles. The minimum absolute atomic E-state index is 0.253. The van der Waals surface area contributed by atoms with Gasteiger partial charge in [0.05, 0.1) is 32.5 Å². The molecule has 1 N–H and O–H groups in total. The first-order chi connectivity index (χ1) is 14.3. The van der Waals surface area contributed by atoms with E-state index in [0.29, 0.717) is 51.4 Å². The Labute approximate surface area is 187 Å². The molecule has 0 saturated heterocycles. The summed E-state index contributed by atoms with van der Waals surface area (Å²) in [7, 11) is 1.60. The summed E-state index contributed by atoms with van der Waals surface area (Å²) in [6, 6.07) is 4.81. The maximum atomic E-state index is 13.2. The van der Waals surface area contributed by atoms with Gasteiger partial charge in [-0.05, 0) is 31.4 Å². The quantitative estimate of drug-likeness (QED) is 0.391. The number of likely N-dealkylation sites (N-methyl/N-ethyl adjacent to an activating group) is 1. The third kappa shape index (κ3) is 4.09. The Morgan fingerprint density at radius 3 is 2.63 bits per heavy atom. The second-order valence-corrected chi connectivity index (χ2v) is 8.15. The van der Waals surface area contributed by atoms with E-state index in [1.54, 1.807) is 25.3 Å². The number of hydrogen-bond donors (Lipinski definition) is 1. The predicted octanol–water partition coefficient (Wildman–Crippen LogP) is 4.14. The van der Waals surface area contributed by atoms with E-state index in [0.717, 1.165) is 0 Å². The van der Waals surface area contributed by atoms with Crippen LogP contribution < -0.4 is 10.3 Å². The number of halogens is 2. The van der Waals surface area contributed by atoms with Gasteiger partial charge < -0.3 is 19.3 Å². The molecule has 0 radical (unpaired) electrons. The molecule has 0 aliphatic heterocycles. The smallest absolute Gasteiger partial charge is 0.323 e. The van der Waals surface area contributed by atoms with Gasteiger partial charge in [-0.3, -0.25) is 9.59 Å². The molecule has 10 heteroatoms. The van der Waals surface area contributed by atoms with E-state index in [9.17, 15) is 14.7 Å². The summed E-state index contributed by atoms with van der Waals surface area (Å²) in [5.41, 5.74) is 0.438. The van der Waals surface area contributed by atoms with Crippen LogP contribution in [0.15, 0.2) is 27.9 Å². The molecule has 0 atom stereocenters. The maximum Gasteiger partial charge on any atom is 0.323 e. The van der Waals surface area contributed by atoms with Crippen LogP contribution in [0.1, 0.15) is 6.92 Å². The Balaban J connectivity index is 2.46. The summed E-state index contributed by atoms with van der Waals surface area (Å²) in [6.45, 7) is 3.20. The van der Waals surface area contributed by atoms with Crippen LogP contribution in [0.4, 0.5) is 5.82 Å². The van der Waals surface area contributed by atoms with Crippen LogP contribution in [-0.4, -0.2) is 53.7 Å². The highest BCUT2D eigenvalue weighted by molar-refractivity contribution is 7.99. The number of fused-ring (bicyclic) bond motifs is 2. The second-order valence-electron chi connectivity index (χ2n) is 6.52. The number of carboxylic acid groups (broad SMARTS) is 1. The molecule has 0 fully saturated rings. The normalized spacial score (nSPS) is 11.4. The molecule has 0 aliphatic carbocycles. The number of thioether (sulfide) groups is 1. The van der Waals surface area contributed by atoms with Gasteiger partial charge in [-0.25, -0.2) is 4.98 Å². The van der Waals surface area contributed by atoms with Crippen LogP contribution in [0.5, 0.6) is 0 Å². The fraction of sp³-hybridized carbons (Fsp3) is 0.350. The molecule has 2 aromatic heterocycles. The number of rotatable bonds is 8. The van der Waals surface area contributed by atoms with Crippen molar-refractivity contribution in [2.75, 3.05) is 38.0 Å². The molecule has 0 spiro atoms. The number of aliphatic carboxylic acids is 1. The van der Waals surface area contributed by atoms with Crippen LogP contribution in [0.2, 0.25) is 10.0 Å². The molecule has 3 aromatic rings. The molecule has 2 heterocycles. The van der Waals surface area contributed by atoms with Crippen molar-refractivity contribution in [2.45, 2.75) is 18.4 Å². The third-order valence-electron chi connectivity index (χ3n) is 4.78. The number of carbonyl (C=O) groups is 1. The van der Waals surface area contributed by atoms with Crippen molar-refractivity contribution < 1.29 is 14.6 Å². The number of hydrogen-bond acceptors (Lipinski definition) is 6. The second kappa shape index (κ2) is 9.43. The van der Waals surface area contributed by atoms with Crippen LogP contribution >= 0.6 is 35.0 Å². The average molecular weight is 470 g/mol. The zero-order valence-corrected chi connectivity index (χ0v) is 19.1. The van der Waals surface area contributed by atoms with Gasteiger partial charge in [0.2, 0.25) is 0 Å². The third-order valence-corrected chi connectivity index (χ3v) is 6.31. The highest BCUT2D eigenvalue weighted by Gasteiger charge is 2.21. The van der Waals surface area contributed by atoms with Crippen LogP contribution in [0, 0.1) is 0 Å². The van der Waals surface area contributed by atoms with E-state index < -0.39 is 5.97 Å². The Bertz CT molecular complexity index is 1180. The summed E-state index contributed by atoms with van der Waals surface area (Å²) in [6.07, 6.45) is 1.82. The molecule has 0 amide bonds. The lowest BCUT2D eigenvalue weighted by Gasteiger charge is -2.24. The minimum atomic E-state index is -1.06. The van der Waals surface area contributed by atoms with Crippen molar-refractivity contribution in [3.63, 3.8) is 0 Å². The first-order valence-electron chi connectivity index (χ1n) is 9.18. The summed E-state index contributed by atoms with van der Waals surface area (Å²) in [5.74, 6) is -0.590. The highest BCUT2D eigenvalue weighted by atomic mass is 35.5. The van der Waals surface area contributed by atoms with Gasteiger partial charge in [-0.15, -0.1) is 11.8 Å². The van der Waals surface area contributed by atoms with Gasteiger partial charge in [0, 0.05) is 25.6 Å². The molecule has 0 unspecified atom stereocenters. The molecule has 3 rings (SSSR count). The molecule has 7 nitrogen and oxygen atoms in total. The van der Waals surface area contributed by atoms with Gasteiger partial charge in [-0.1, -0.05) is 23.2 Å². The first-order valence-corrected chi connectivity index (χ1v) is 11.2. The molecule has 0 saturated carbocycles. The van der Waals surface area contributed by atoms with Crippen molar-refractivity contribution in [1.29, 1.82) is 0 Å². The maximum absolute atomic E-state index is 13.2. The molecule has 0 bridgehead atoms. The van der Waals surface area contributed by atoms with Crippen LogP contribution in [0.25, 0.3) is 21.9 Å². The van der Waals surface area contributed by atoms with E-state index in [1.807, 2.05) is 18.1 Å². The van der Waals surface area contributed by atoms with Gasteiger partial charge >= 0.3 is 5.97 Å². The average Bonchev–Trinajstić information content (AvgIpc) is 2.71. The Kier molecular flexibility index (Phi) is 7.13. The van der Waals surface area contributed by atoms with Crippen molar-refractivity contribution in [3.8, 4) is 0 Å². The van der Waals surface area contributed by atoms with E-state index >= 15 is 0 Å². The number of pyridine rings is 2. The number of benzene rings is 1. The fourth-order valence-electron chi connectivity index (χ4n) is 3.41. The number of methoxy groups -OCH3 is 1. The van der Waals surface area contributed by atoms with Crippen molar-refractivity contribution in [3.05, 3.63) is 38.5 Å². The number of carboxylic acids is 1. The molecule has 0 aliphatic rings. The van der Waals surface area contributed by atoms with Crippen molar-refractivity contribution in [1.82, 2.24) is 9.55 Å². The topological polar surface area (TPSA) is 84.7 Å². The lowest BCUT2D eigenvalue weighted by atomic mass is 10.1. The highest BCUT2D eigenvalue weighted by Crippen LogP contribution is 2.35. The van der Waals surface area contributed by atoms with Gasteiger partial charge in [0.15, 0.2) is 5.43 Å². The van der Waals surface area contributed by atoms with E-state index in [1.165, 1.54) is 16.3 Å². The standard InChI is InChI=1S/C20H21Cl2N3O4S/c1-4-24(7-8-29-2)20-14(22)9-12-17(28)11-5-6-13(21)18(30-3)16(11)25(10-15(26)27)19(12)23-20/h5-6,9H,4,7-8,10H2,1-3H3,(H,26,27). The molecular formula is C20H21Cl2N3O4S. The van der Waals surface area contributed by atoms with E-state index in [4.69, 9.17) is 27.9 Å².